The number of nitrogens with one attached hydrogen (secondary N) is 1. The van der Waals surface area contributed by atoms with Crippen molar-refractivity contribution in [3.63, 3.8) is 0 Å². The van der Waals surface area contributed by atoms with Gasteiger partial charge in [0.1, 0.15) is 6.04 Å². The Morgan fingerprint density at radius 2 is 1.79 bits per heavy atom. The van der Waals surface area contributed by atoms with Crippen LogP contribution in [0, 0.1) is 5.92 Å². The van der Waals surface area contributed by atoms with Gasteiger partial charge in [-0.05, 0) is 50.2 Å². The molecule has 0 saturated heterocycles. The summed E-state index contributed by atoms with van der Waals surface area (Å²) in [6.45, 7) is 3.95. The third-order valence-corrected chi connectivity index (χ3v) is 6.28. The second-order valence-electron chi connectivity index (χ2n) is 7.76. The molecule has 2 aromatic rings. The van der Waals surface area contributed by atoms with E-state index < -0.39 is 17.9 Å². The SMILES string of the molecule is CC(C)CC(C(=O)Nc1nc2c(s1)CCCC2)N1C(=O)c2ccccc2C1=O. The van der Waals surface area contributed by atoms with E-state index in [2.05, 4.69) is 10.3 Å². The van der Waals surface area contributed by atoms with Crippen LogP contribution in [-0.4, -0.2) is 33.6 Å². The Kier molecular flexibility index (Phi) is 5.02. The van der Waals surface area contributed by atoms with Crippen molar-refractivity contribution in [2.24, 2.45) is 5.92 Å². The summed E-state index contributed by atoms with van der Waals surface area (Å²) in [5.74, 6) is -1.02. The maximum atomic E-state index is 13.1. The van der Waals surface area contributed by atoms with E-state index in [9.17, 15) is 14.4 Å². The monoisotopic (exact) mass is 397 g/mol. The predicted octanol–water partition coefficient (Wildman–Crippen LogP) is 3.67. The first kappa shape index (κ1) is 18.8. The van der Waals surface area contributed by atoms with Crippen molar-refractivity contribution in [2.45, 2.75) is 52.0 Å². The summed E-state index contributed by atoms with van der Waals surface area (Å²) >= 11 is 1.50. The first-order valence-electron chi connectivity index (χ1n) is 9.72. The number of amides is 3. The number of imide groups is 1. The fraction of sp³-hybridized carbons (Fsp3) is 0.429. The van der Waals surface area contributed by atoms with Gasteiger partial charge in [0, 0.05) is 4.88 Å². The molecular weight excluding hydrogens is 374 g/mol. The summed E-state index contributed by atoms with van der Waals surface area (Å²) in [7, 11) is 0. The van der Waals surface area contributed by atoms with Crippen LogP contribution in [0.3, 0.4) is 0 Å². The normalized spacial score (nSPS) is 16.9. The summed E-state index contributed by atoms with van der Waals surface area (Å²) in [5.41, 5.74) is 1.78. The van der Waals surface area contributed by atoms with E-state index in [1.54, 1.807) is 24.3 Å². The topological polar surface area (TPSA) is 79.4 Å². The minimum absolute atomic E-state index is 0.143. The smallest absolute Gasteiger partial charge is 0.262 e. The maximum Gasteiger partial charge on any atom is 0.262 e. The largest absolute Gasteiger partial charge is 0.300 e. The summed E-state index contributed by atoms with van der Waals surface area (Å²) in [6, 6.07) is 5.87. The Balaban J connectivity index is 1.60. The Bertz CT molecular complexity index is 892. The highest BCUT2D eigenvalue weighted by molar-refractivity contribution is 7.15. The van der Waals surface area contributed by atoms with Crippen molar-refractivity contribution in [2.75, 3.05) is 5.32 Å². The van der Waals surface area contributed by atoms with Gasteiger partial charge in [-0.3, -0.25) is 19.3 Å². The minimum atomic E-state index is -0.853. The minimum Gasteiger partial charge on any atom is -0.300 e. The molecule has 4 rings (SSSR count). The van der Waals surface area contributed by atoms with Crippen LogP contribution in [0.2, 0.25) is 0 Å². The molecule has 6 nitrogen and oxygen atoms in total. The molecule has 1 aliphatic heterocycles. The Morgan fingerprint density at radius 1 is 1.14 bits per heavy atom. The number of aryl methyl sites for hydroxylation is 2. The van der Waals surface area contributed by atoms with Crippen molar-refractivity contribution in [3.05, 3.63) is 46.0 Å². The van der Waals surface area contributed by atoms with E-state index in [-0.39, 0.29) is 11.8 Å². The number of benzene rings is 1. The Hall–Kier alpha value is -2.54. The van der Waals surface area contributed by atoms with E-state index >= 15 is 0 Å². The van der Waals surface area contributed by atoms with Crippen molar-refractivity contribution in [3.8, 4) is 0 Å². The van der Waals surface area contributed by atoms with E-state index in [1.807, 2.05) is 13.8 Å². The fourth-order valence-corrected chi connectivity index (χ4v) is 4.91. The molecule has 28 heavy (non-hydrogen) atoms. The molecule has 0 saturated carbocycles. The van der Waals surface area contributed by atoms with Crippen LogP contribution < -0.4 is 5.32 Å². The lowest BCUT2D eigenvalue weighted by Crippen LogP contribution is -2.47. The standard InChI is InChI=1S/C21H23N3O3S/c1-12(2)11-16(24-19(26)13-7-3-4-8-14(13)20(24)27)18(25)23-21-22-15-9-5-6-10-17(15)28-21/h3-4,7-8,12,16H,5-6,9-11H2,1-2H3,(H,22,23,25). The zero-order chi connectivity index (χ0) is 19.8. The number of carbonyl (C=O) groups excluding carboxylic acids is 3. The zero-order valence-corrected chi connectivity index (χ0v) is 16.8. The van der Waals surface area contributed by atoms with Gasteiger partial charge in [-0.1, -0.05) is 26.0 Å². The molecule has 146 valence electrons. The number of fused-ring (bicyclic) bond motifs is 2. The van der Waals surface area contributed by atoms with Crippen molar-refractivity contribution in [1.29, 1.82) is 0 Å². The first-order chi connectivity index (χ1) is 13.5. The lowest BCUT2D eigenvalue weighted by Gasteiger charge is -2.26. The lowest BCUT2D eigenvalue weighted by molar-refractivity contribution is -0.120. The van der Waals surface area contributed by atoms with Crippen LogP contribution in [0.25, 0.3) is 0 Å². The Labute approximate surface area is 168 Å². The summed E-state index contributed by atoms with van der Waals surface area (Å²) in [6.07, 6.45) is 4.61. The molecular formula is C21H23N3O3S. The molecule has 2 aliphatic rings. The third-order valence-electron chi connectivity index (χ3n) is 5.21. The molecule has 0 fully saturated rings. The zero-order valence-electron chi connectivity index (χ0n) is 16.0. The van der Waals surface area contributed by atoms with Gasteiger partial charge in [0.05, 0.1) is 16.8 Å². The first-order valence-corrected chi connectivity index (χ1v) is 10.5. The average Bonchev–Trinajstić information content (AvgIpc) is 3.19. The lowest BCUT2D eigenvalue weighted by atomic mass is 10.0. The quantitative estimate of drug-likeness (QED) is 0.781. The van der Waals surface area contributed by atoms with E-state index in [0.717, 1.165) is 36.3 Å². The second kappa shape index (κ2) is 7.47. The van der Waals surface area contributed by atoms with Gasteiger partial charge >= 0.3 is 0 Å². The van der Waals surface area contributed by atoms with E-state index in [1.165, 1.54) is 16.2 Å². The van der Waals surface area contributed by atoms with Gasteiger partial charge in [-0.15, -0.1) is 11.3 Å². The van der Waals surface area contributed by atoms with Crippen LogP contribution in [-0.2, 0) is 17.6 Å². The number of rotatable bonds is 5. The van der Waals surface area contributed by atoms with Gasteiger partial charge < -0.3 is 5.32 Å². The van der Waals surface area contributed by atoms with Gasteiger partial charge in [0.2, 0.25) is 5.91 Å². The van der Waals surface area contributed by atoms with Crippen molar-refractivity contribution < 1.29 is 14.4 Å². The summed E-state index contributed by atoms with van der Waals surface area (Å²) in [5, 5.41) is 3.43. The molecule has 1 unspecified atom stereocenters. The molecule has 1 aliphatic carbocycles. The van der Waals surface area contributed by atoms with Gasteiger partial charge in [-0.2, -0.15) is 0 Å². The van der Waals surface area contributed by atoms with Crippen LogP contribution in [0.4, 0.5) is 5.13 Å². The Morgan fingerprint density at radius 3 is 2.39 bits per heavy atom. The molecule has 1 aromatic carbocycles. The molecule has 1 atom stereocenters. The third kappa shape index (κ3) is 3.35. The van der Waals surface area contributed by atoms with Crippen molar-refractivity contribution >= 4 is 34.2 Å². The second-order valence-corrected chi connectivity index (χ2v) is 8.84. The van der Waals surface area contributed by atoms with Crippen LogP contribution in [0.15, 0.2) is 24.3 Å². The van der Waals surface area contributed by atoms with E-state index in [4.69, 9.17) is 0 Å². The molecule has 1 aromatic heterocycles. The van der Waals surface area contributed by atoms with Gasteiger partial charge in [-0.25, -0.2) is 4.98 Å². The number of hydrogen-bond acceptors (Lipinski definition) is 5. The molecule has 0 spiro atoms. The number of nitrogens with zero attached hydrogens (tertiary/aromatic N) is 2. The average molecular weight is 398 g/mol. The summed E-state index contributed by atoms with van der Waals surface area (Å²) in [4.78, 5) is 45.7. The molecule has 0 bridgehead atoms. The molecule has 1 N–H and O–H groups in total. The molecule has 3 amide bonds. The number of thiazole rings is 1. The predicted molar refractivity (Wildman–Crippen MR) is 108 cm³/mol. The van der Waals surface area contributed by atoms with E-state index in [0.29, 0.717) is 22.7 Å². The fourth-order valence-electron chi connectivity index (χ4n) is 3.86. The van der Waals surface area contributed by atoms with Crippen LogP contribution in [0.5, 0.6) is 0 Å². The number of carbonyl (C=O) groups is 3. The maximum absolute atomic E-state index is 13.1. The summed E-state index contributed by atoms with van der Waals surface area (Å²) < 4.78 is 0. The molecule has 7 heteroatoms. The van der Waals surface area contributed by atoms with Crippen molar-refractivity contribution in [1.82, 2.24) is 9.88 Å². The highest BCUT2D eigenvalue weighted by Crippen LogP contribution is 2.31. The number of aromatic nitrogens is 1. The van der Waals surface area contributed by atoms with Crippen LogP contribution in [0.1, 0.15) is 64.4 Å². The number of hydrogen-bond donors (Lipinski definition) is 1. The number of anilines is 1. The highest BCUT2D eigenvalue weighted by Gasteiger charge is 2.43. The van der Waals surface area contributed by atoms with Crippen LogP contribution >= 0.6 is 11.3 Å². The van der Waals surface area contributed by atoms with Gasteiger partial charge in [0.15, 0.2) is 5.13 Å². The molecule has 2 heterocycles. The van der Waals surface area contributed by atoms with Gasteiger partial charge in [0.25, 0.3) is 11.8 Å². The highest BCUT2D eigenvalue weighted by atomic mass is 32.1. The molecule has 0 radical (unpaired) electrons.